The van der Waals surface area contributed by atoms with Gasteiger partial charge in [-0.3, -0.25) is 14.3 Å². The molecule has 3 unspecified atom stereocenters. The number of benzene rings is 3. The normalized spacial score (nSPS) is 20.2. The van der Waals surface area contributed by atoms with Crippen LogP contribution in [0.15, 0.2) is 78.9 Å². The fraction of sp³-hybridized carbons (Fsp3) is 0.375. The van der Waals surface area contributed by atoms with Gasteiger partial charge in [0.05, 0.1) is 18.0 Å². The highest BCUT2D eigenvalue weighted by atomic mass is 35.5. The van der Waals surface area contributed by atoms with Crippen molar-refractivity contribution < 1.29 is 18.0 Å². The molecule has 0 radical (unpaired) electrons. The molecule has 0 bridgehead atoms. The zero-order valence-corrected chi connectivity index (χ0v) is 25.2. The predicted octanol–water partition coefficient (Wildman–Crippen LogP) is 4.29. The Kier molecular flexibility index (Phi) is 9.50. The van der Waals surface area contributed by atoms with Gasteiger partial charge in [0.1, 0.15) is 6.04 Å². The molecular formula is C32H37ClN4O4S. The highest BCUT2D eigenvalue weighted by Crippen LogP contribution is 2.34. The van der Waals surface area contributed by atoms with E-state index >= 15 is 0 Å². The van der Waals surface area contributed by atoms with E-state index in [9.17, 15) is 18.0 Å². The maximum Gasteiger partial charge on any atom is 0.245 e. The first kappa shape index (κ1) is 30.1. The number of carbonyl (C=O) groups excluding carboxylic acids is 2. The zero-order chi connectivity index (χ0) is 29.7. The third kappa shape index (κ3) is 7.51. The molecule has 0 aromatic heterocycles. The first-order valence-electron chi connectivity index (χ1n) is 14.4. The molecule has 222 valence electrons. The Labute approximate surface area is 252 Å². The Hall–Kier alpha value is -3.40. The molecule has 2 aliphatic heterocycles. The smallest absolute Gasteiger partial charge is 0.245 e. The highest BCUT2D eigenvalue weighted by molar-refractivity contribution is 7.92. The topological polar surface area (TPSA) is 108 Å². The summed E-state index contributed by atoms with van der Waals surface area (Å²) in [7, 11) is -3.41. The lowest BCUT2D eigenvalue weighted by molar-refractivity contribution is -0.137. The second kappa shape index (κ2) is 13.3. The SMILES string of the molecule is CS(=O)(=O)Nc1ccccc1C1CCN(C(=O)C(Cc2ccc(Cl)cc2)NC(=O)C2NCCC2c2ccccc2)CC1. The van der Waals surface area contributed by atoms with Crippen LogP contribution in [0.1, 0.15) is 47.8 Å². The number of nitrogens with zero attached hydrogens (tertiary/aromatic N) is 1. The first-order valence-corrected chi connectivity index (χ1v) is 16.6. The number of nitrogens with one attached hydrogen (secondary N) is 3. The minimum absolute atomic E-state index is 0.0360. The summed E-state index contributed by atoms with van der Waals surface area (Å²) >= 11 is 6.10. The van der Waals surface area contributed by atoms with Gasteiger partial charge in [0.25, 0.3) is 0 Å². The van der Waals surface area contributed by atoms with Crippen molar-refractivity contribution in [1.29, 1.82) is 0 Å². The lowest BCUT2D eigenvalue weighted by atomic mass is 9.88. The zero-order valence-electron chi connectivity index (χ0n) is 23.6. The molecule has 2 fully saturated rings. The standard InChI is InChI=1S/C32H37ClN4O4S/c1-42(40,41)36-28-10-6-5-9-26(28)24-16-19-37(20-17-24)32(39)29(21-22-11-13-25(33)14-12-22)35-31(38)30-27(15-18-34-30)23-7-3-2-4-8-23/h2-14,24,27,29-30,34,36H,15-21H2,1H3,(H,35,38). The van der Waals surface area contributed by atoms with E-state index < -0.39 is 22.1 Å². The summed E-state index contributed by atoms with van der Waals surface area (Å²) in [6.07, 6.45) is 3.72. The number of rotatable bonds is 9. The number of carbonyl (C=O) groups is 2. The second-order valence-corrected chi connectivity index (χ2v) is 13.4. The maximum absolute atomic E-state index is 13.9. The average molecular weight is 609 g/mol. The Bertz CT molecular complexity index is 1490. The van der Waals surface area contributed by atoms with Crippen molar-refractivity contribution in [2.45, 2.75) is 49.6 Å². The largest absolute Gasteiger partial charge is 0.343 e. The van der Waals surface area contributed by atoms with Crippen molar-refractivity contribution in [2.75, 3.05) is 30.6 Å². The van der Waals surface area contributed by atoms with Crippen LogP contribution in [-0.2, 0) is 26.0 Å². The van der Waals surface area contributed by atoms with Gasteiger partial charge >= 0.3 is 0 Å². The Morgan fingerprint density at radius 3 is 2.31 bits per heavy atom. The number of amides is 2. The number of likely N-dealkylation sites (tertiary alicyclic amines) is 1. The van der Waals surface area contributed by atoms with Gasteiger partial charge in [-0.05, 0) is 66.6 Å². The van der Waals surface area contributed by atoms with E-state index in [0.29, 0.717) is 43.1 Å². The molecule has 10 heteroatoms. The lowest BCUT2D eigenvalue weighted by Crippen LogP contribution is -2.55. The lowest BCUT2D eigenvalue weighted by Gasteiger charge is -2.35. The van der Waals surface area contributed by atoms with Crippen LogP contribution >= 0.6 is 11.6 Å². The van der Waals surface area contributed by atoms with Gasteiger partial charge in [0, 0.05) is 30.5 Å². The van der Waals surface area contributed by atoms with Crippen LogP contribution in [0, 0.1) is 0 Å². The second-order valence-electron chi connectivity index (χ2n) is 11.2. The minimum Gasteiger partial charge on any atom is -0.343 e. The number of hydrogen-bond donors (Lipinski definition) is 3. The Morgan fingerprint density at radius 2 is 1.62 bits per heavy atom. The van der Waals surface area contributed by atoms with Crippen molar-refractivity contribution in [3.63, 3.8) is 0 Å². The third-order valence-electron chi connectivity index (χ3n) is 8.20. The number of halogens is 1. The van der Waals surface area contributed by atoms with Crippen LogP contribution in [0.4, 0.5) is 5.69 Å². The van der Waals surface area contributed by atoms with Gasteiger partial charge in [-0.2, -0.15) is 0 Å². The molecule has 5 rings (SSSR count). The number of anilines is 1. The van der Waals surface area contributed by atoms with E-state index in [-0.39, 0.29) is 23.7 Å². The molecule has 2 amide bonds. The molecule has 2 aliphatic rings. The van der Waals surface area contributed by atoms with Crippen molar-refractivity contribution >= 4 is 39.1 Å². The quantitative estimate of drug-likeness (QED) is 0.336. The van der Waals surface area contributed by atoms with Gasteiger partial charge in [-0.15, -0.1) is 0 Å². The van der Waals surface area contributed by atoms with E-state index in [0.717, 1.165) is 35.9 Å². The summed E-state index contributed by atoms with van der Waals surface area (Å²) < 4.78 is 26.4. The van der Waals surface area contributed by atoms with Crippen LogP contribution in [0.5, 0.6) is 0 Å². The van der Waals surface area contributed by atoms with Gasteiger partial charge in [-0.25, -0.2) is 8.42 Å². The van der Waals surface area contributed by atoms with E-state index in [1.807, 2.05) is 59.5 Å². The molecule has 3 N–H and O–H groups in total. The van der Waals surface area contributed by atoms with Gasteiger partial charge in [0.15, 0.2) is 0 Å². The minimum atomic E-state index is -3.41. The molecule has 3 atom stereocenters. The summed E-state index contributed by atoms with van der Waals surface area (Å²) in [5.41, 5.74) is 3.53. The van der Waals surface area contributed by atoms with Crippen molar-refractivity contribution in [3.8, 4) is 0 Å². The van der Waals surface area contributed by atoms with Crippen LogP contribution in [0.25, 0.3) is 0 Å². The Balaban J connectivity index is 1.30. The van der Waals surface area contributed by atoms with E-state index in [2.05, 4.69) is 15.4 Å². The van der Waals surface area contributed by atoms with E-state index in [1.54, 1.807) is 24.3 Å². The monoisotopic (exact) mass is 608 g/mol. The predicted molar refractivity (Wildman–Crippen MR) is 166 cm³/mol. The van der Waals surface area contributed by atoms with Gasteiger partial charge < -0.3 is 15.5 Å². The van der Waals surface area contributed by atoms with Crippen molar-refractivity contribution in [2.24, 2.45) is 0 Å². The number of piperidine rings is 1. The molecule has 0 saturated carbocycles. The van der Waals surface area contributed by atoms with Crippen molar-refractivity contribution in [3.05, 3.63) is 101 Å². The van der Waals surface area contributed by atoms with Crippen LogP contribution in [0.2, 0.25) is 5.02 Å². The molecule has 8 nitrogen and oxygen atoms in total. The van der Waals surface area contributed by atoms with Gasteiger partial charge in [-0.1, -0.05) is 72.3 Å². The third-order valence-corrected chi connectivity index (χ3v) is 9.05. The molecule has 42 heavy (non-hydrogen) atoms. The highest BCUT2D eigenvalue weighted by Gasteiger charge is 2.37. The fourth-order valence-electron chi connectivity index (χ4n) is 6.13. The average Bonchev–Trinajstić information content (AvgIpc) is 3.48. The summed E-state index contributed by atoms with van der Waals surface area (Å²) in [5, 5.41) is 7.05. The molecular weight excluding hydrogens is 572 g/mol. The summed E-state index contributed by atoms with van der Waals surface area (Å²) in [5.74, 6) is -0.148. The molecule has 0 aliphatic carbocycles. The van der Waals surface area contributed by atoms with E-state index in [1.165, 1.54) is 0 Å². The number of para-hydroxylation sites is 1. The van der Waals surface area contributed by atoms with E-state index in [4.69, 9.17) is 11.6 Å². The molecule has 0 spiro atoms. The maximum atomic E-state index is 13.9. The molecule has 3 aromatic carbocycles. The number of sulfonamides is 1. The van der Waals surface area contributed by atoms with Crippen LogP contribution in [0.3, 0.4) is 0 Å². The van der Waals surface area contributed by atoms with Crippen LogP contribution < -0.4 is 15.4 Å². The van der Waals surface area contributed by atoms with Gasteiger partial charge in [0.2, 0.25) is 21.8 Å². The van der Waals surface area contributed by atoms with Crippen LogP contribution in [-0.4, -0.2) is 63.1 Å². The first-order chi connectivity index (χ1) is 20.2. The Morgan fingerprint density at radius 1 is 0.952 bits per heavy atom. The number of hydrogen-bond acceptors (Lipinski definition) is 5. The summed E-state index contributed by atoms with van der Waals surface area (Å²) in [6, 6.07) is 23.6. The molecule has 2 heterocycles. The summed E-state index contributed by atoms with van der Waals surface area (Å²) in [6.45, 7) is 1.76. The van der Waals surface area contributed by atoms with Crippen molar-refractivity contribution in [1.82, 2.24) is 15.5 Å². The molecule has 2 saturated heterocycles. The molecule has 3 aromatic rings. The summed E-state index contributed by atoms with van der Waals surface area (Å²) in [4.78, 5) is 29.4. The fourth-order valence-corrected chi connectivity index (χ4v) is 6.84.